The van der Waals surface area contributed by atoms with E-state index in [2.05, 4.69) is 5.32 Å². The van der Waals surface area contributed by atoms with Crippen molar-refractivity contribution in [3.63, 3.8) is 0 Å². The second-order valence-corrected chi connectivity index (χ2v) is 5.03. The molecule has 3 rings (SSSR count). The van der Waals surface area contributed by atoms with E-state index in [-0.39, 0.29) is 11.7 Å². The molecule has 0 saturated heterocycles. The van der Waals surface area contributed by atoms with Gasteiger partial charge in [-0.3, -0.25) is 4.79 Å². The van der Waals surface area contributed by atoms with E-state index in [1.54, 1.807) is 24.3 Å². The Hall–Kier alpha value is -2.23. The van der Waals surface area contributed by atoms with Gasteiger partial charge < -0.3 is 5.32 Å². The summed E-state index contributed by atoms with van der Waals surface area (Å²) in [4.78, 5) is 12.4. The molecule has 2 aromatic rings. The highest BCUT2D eigenvalue weighted by Gasteiger charge is 2.52. The predicted molar refractivity (Wildman–Crippen MR) is 72.3 cm³/mol. The lowest BCUT2D eigenvalue weighted by atomic mass is 9.94. The Kier molecular flexibility index (Phi) is 3.01. The van der Waals surface area contributed by atoms with Crippen LogP contribution in [0.15, 0.2) is 48.5 Å². The highest BCUT2D eigenvalue weighted by Crippen LogP contribution is 2.49. The molecule has 0 heterocycles. The zero-order valence-electron chi connectivity index (χ0n) is 10.7. The molecule has 0 aliphatic heterocycles. The molecule has 4 heteroatoms. The summed E-state index contributed by atoms with van der Waals surface area (Å²) in [7, 11) is 0. The normalized spacial score (nSPS) is 15.7. The van der Waals surface area contributed by atoms with Crippen molar-refractivity contribution in [2.45, 2.75) is 18.3 Å². The van der Waals surface area contributed by atoms with Crippen LogP contribution in [0, 0.1) is 11.6 Å². The molecule has 1 N–H and O–H groups in total. The van der Waals surface area contributed by atoms with Crippen LogP contribution in [0.5, 0.6) is 0 Å². The maximum absolute atomic E-state index is 13.8. The fourth-order valence-electron chi connectivity index (χ4n) is 2.41. The SMILES string of the molecule is O=C(Nc1cccc(F)c1)C1(c2ccccc2F)CC1. The Morgan fingerprint density at radius 1 is 1.05 bits per heavy atom. The van der Waals surface area contributed by atoms with E-state index >= 15 is 0 Å². The van der Waals surface area contributed by atoms with Crippen molar-refractivity contribution in [1.82, 2.24) is 0 Å². The average Bonchev–Trinajstić information content (AvgIpc) is 3.21. The first-order valence-electron chi connectivity index (χ1n) is 6.44. The molecule has 2 aromatic carbocycles. The van der Waals surface area contributed by atoms with Crippen LogP contribution < -0.4 is 5.32 Å². The van der Waals surface area contributed by atoms with Gasteiger partial charge in [0.2, 0.25) is 5.91 Å². The van der Waals surface area contributed by atoms with Crippen molar-refractivity contribution in [3.05, 3.63) is 65.7 Å². The number of nitrogens with one attached hydrogen (secondary N) is 1. The second-order valence-electron chi connectivity index (χ2n) is 5.03. The van der Waals surface area contributed by atoms with E-state index in [9.17, 15) is 13.6 Å². The van der Waals surface area contributed by atoms with Gasteiger partial charge in [-0.05, 0) is 37.1 Å². The molecule has 0 bridgehead atoms. The van der Waals surface area contributed by atoms with Crippen molar-refractivity contribution >= 4 is 11.6 Å². The van der Waals surface area contributed by atoms with Crippen LogP contribution in [0.2, 0.25) is 0 Å². The van der Waals surface area contributed by atoms with E-state index in [4.69, 9.17) is 0 Å². The van der Waals surface area contributed by atoms with Gasteiger partial charge in [0.1, 0.15) is 11.6 Å². The molecule has 1 saturated carbocycles. The lowest BCUT2D eigenvalue weighted by molar-refractivity contribution is -0.118. The van der Waals surface area contributed by atoms with E-state index in [0.29, 0.717) is 24.1 Å². The summed E-state index contributed by atoms with van der Waals surface area (Å²) in [6.45, 7) is 0. The quantitative estimate of drug-likeness (QED) is 0.909. The number of benzene rings is 2. The second kappa shape index (κ2) is 4.71. The zero-order chi connectivity index (χ0) is 14.2. The first-order chi connectivity index (χ1) is 9.62. The van der Waals surface area contributed by atoms with Gasteiger partial charge in [-0.2, -0.15) is 0 Å². The van der Waals surface area contributed by atoms with Crippen LogP contribution in [-0.4, -0.2) is 5.91 Å². The third kappa shape index (κ3) is 2.18. The third-order valence-corrected chi connectivity index (χ3v) is 3.66. The Labute approximate surface area is 115 Å². The number of carbonyl (C=O) groups is 1. The molecule has 20 heavy (non-hydrogen) atoms. The lowest BCUT2D eigenvalue weighted by Crippen LogP contribution is -2.28. The predicted octanol–water partition coefficient (Wildman–Crippen LogP) is 3.64. The highest BCUT2D eigenvalue weighted by atomic mass is 19.1. The Balaban J connectivity index is 1.86. The van der Waals surface area contributed by atoms with E-state index in [1.165, 1.54) is 24.3 Å². The maximum Gasteiger partial charge on any atom is 0.235 e. The summed E-state index contributed by atoms with van der Waals surface area (Å²) < 4.78 is 27.0. The number of anilines is 1. The number of hydrogen-bond acceptors (Lipinski definition) is 1. The van der Waals surface area contributed by atoms with Crippen LogP contribution in [0.4, 0.5) is 14.5 Å². The Morgan fingerprint density at radius 2 is 1.80 bits per heavy atom. The molecule has 0 spiro atoms. The highest BCUT2D eigenvalue weighted by molar-refractivity contribution is 6.01. The molecule has 102 valence electrons. The minimum Gasteiger partial charge on any atom is -0.325 e. The largest absolute Gasteiger partial charge is 0.325 e. The Bertz CT molecular complexity index is 665. The molecule has 1 fully saturated rings. The van der Waals surface area contributed by atoms with Gasteiger partial charge in [-0.1, -0.05) is 24.3 Å². The van der Waals surface area contributed by atoms with Gasteiger partial charge in [-0.15, -0.1) is 0 Å². The fourth-order valence-corrected chi connectivity index (χ4v) is 2.41. The molecular weight excluding hydrogens is 260 g/mol. The number of amides is 1. The number of rotatable bonds is 3. The molecule has 0 unspecified atom stereocenters. The van der Waals surface area contributed by atoms with E-state index in [0.717, 1.165) is 0 Å². The minimum absolute atomic E-state index is 0.284. The third-order valence-electron chi connectivity index (χ3n) is 3.66. The monoisotopic (exact) mass is 273 g/mol. The maximum atomic E-state index is 13.8. The molecule has 0 radical (unpaired) electrons. The summed E-state index contributed by atoms with van der Waals surface area (Å²) in [6, 6.07) is 12.0. The number of hydrogen-bond donors (Lipinski definition) is 1. The first kappa shape index (κ1) is 12.8. The van der Waals surface area contributed by atoms with Gasteiger partial charge in [0.05, 0.1) is 5.41 Å². The van der Waals surface area contributed by atoms with Crippen LogP contribution >= 0.6 is 0 Å². The fraction of sp³-hybridized carbons (Fsp3) is 0.188. The van der Waals surface area contributed by atoms with Crippen molar-refractivity contribution in [1.29, 1.82) is 0 Å². The molecule has 0 atom stereocenters. The topological polar surface area (TPSA) is 29.1 Å². The Morgan fingerprint density at radius 3 is 2.45 bits per heavy atom. The minimum atomic E-state index is -0.808. The van der Waals surface area contributed by atoms with Crippen molar-refractivity contribution in [3.8, 4) is 0 Å². The average molecular weight is 273 g/mol. The lowest BCUT2D eigenvalue weighted by Gasteiger charge is -2.16. The number of carbonyl (C=O) groups excluding carboxylic acids is 1. The number of halogens is 2. The zero-order valence-corrected chi connectivity index (χ0v) is 10.7. The summed E-state index contributed by atoms with van der Waals surface area (Å²) in [6.07, 6.45) is 1.21. The summed E-state index contributed by atoms with van der Waals surface area (Å²) in [5.41, 5.74) is -0.0102. The van der Waals surface area contributed by atoms with Crippen molar-refractivity contribution < 1.29 is 13.6 Å². The van der Waals surface area contributed by atoms with Crippen LogP contribution in [0.1, 0.15) is 18.4 Å². The molecule has 1 aliphatic carbocycles. The molecular formula is C16H13F2NO. The molecule has 2 nitrogen and oxygen atoms in total. The first-order valence-corrected chi connectivity index (χ1v) is 6.44. The van der Waals surface area contributed by atoms with Crippen molar-refractivity contribution in [2.75, 3.05) is 5.32 Å². The van der Waals surface area contributed by atoms with Crippen LogP contribution in [0.25, 0.3) is 0 Å². The summed E-state index contributed by atoms with van der Waals surface area (Å²) >= 11 is 0. The van der Waals surface area contributed by atoms with E-state index in [1.807, 2.05) is 0 Å². The smallest absolute Gasteiger partial charge is 0.235 e. The van der Waals surface area contributed by atoms with E-state index < -0.39 is 11.2 Å². The summed E-state index contributed by atoms with van der Waals surface area (Å²) in [5, 5.41) is 2.67. The van der Waals surface area contributed by atoms with Crippen LogP contribution in [0.3, 0.4) is 0 Å². The van der Waals surface area contributed by atoms with Gasteiger partial charge in [0.25, 0.3) is 0 Å². The summed E-state index contributed by atoms with van der Waals surface area (Å²) in [5.74, 6) is -1.08. The van der Waals surface area contributed by atoms with Crippen LogP contribution in [-0.2, 0) is 10.2 Å². The molecule has 1 aliphatic rings. The molecule has 1 amide bonds. The standard InChI is InChI=1S/C16H13F2NO/c17-11-4-3-5-12(10-11)19-15(20)16(8-9-16)13-6-1-2-7-14(13)18/h1-7,10H,8-9H2,(H,19,20). The van der Waals surface area contributed by atoms with Crippen molar-refractivity contribution in [2.24, 2.45) is 0 Å². The van der Waals surface area contributed by atoms with Gasteiger partial charge >= 0.3 is 0 Å². The van der Waals surface area contributed by atoms with Gasteiger partial charge in [0.15, 0.2) is 0 Å². The van der Waals surface area contributed by atoms with Gasteiger partial charge in [0, 0.05) is 11.3 Å². The molecule has 0 aromatic heterocycles. The van der Waals surface area contributed by atoms with Gasteiger partial charge in [-0.25, -0.2) is 8.78 Å².